The maximum atomic E-state index is 9.49. The molecule has 66 valence electrons. The van der Waals surface area contributed by atoms with Crippen molar-refractivity contribution in [2.24, 2.45) is 0 Å². The molecular formula is C6H10FeO4. The van der Waals surface area contributed by atoms with Crippen molar-refractivity contribution in [2.45, 2.75) is 26.7 Å². The Morgan fingerprint density at radius 3 is 1.55 bits per heavy atom. The SMILES string of the molecule is CC(=O)[O-].CCCC(=O)[O-].[Fe+2]. The fraction of sp³-hybridized carbons (Fsp3) is 0.667. The summed E-state index contributed by atoms with van der Waals surface area (Å²) in [4.78, 5) is 18.4. The van der Waals surface area contributed by atoms with Gasteiger partial charge in [0, 0.05) is 11.9 Å². The zero-order valence-corrected chi connectivity index (χ0v) is 7.50. The van der Waals surface area contributed by atoms with Crippen molar-refractivity contribution in [3.8, 4) is 0 Å². The van der Waals surface area contributed by atoms with E-state index in [2.05, 4.69) is 0 Å². The number of hydrogen-bond donors (Lipinski definition) is 0. The first-order valence-electron chi connectivity index (χ1n) is 2.88. The van der Waals surface area contributed by atoms with Crippen LogP contribution in [0.15, 0.2) is 0 Å². The van der Waals surface area contributed by atoms with Gasteiger partial charge in [-0.15, -0.1) is 0 Å². The minimum atomic E-state index is -1.08. The Morgan fingerprint density at radius 2 is 1.55 bits per heavy atom. The Balaban J connectivity index is -0.000000114. The van der Waals surface area contributed by atoms with Gasteiger partial charge in [0.2, 0.25) is 0 Å². The predicted octanol–water partition coefficient (Wildman–Crippen LogP) is -1.71. The van der Waals surface area contributed by atoms with Crippen LogP contribution < -0.4 is 10.2 Å². The van der Waals surface area contributed by atoms with Crippen molar-refractivity contribution < 1.29 is 36.9 Å². The largest absolute Gasteiger partial charge is 2.00 e. The molecule has 0 aromatic rings. The standard InChI is InChI=1S/C4H8O2.C2H4O2.Fe/c1-2-3-4(5)6;1-2(3)4;/h2-3H2,1H3,(H,5,6);1H3,(H,3,4);/q;;+2/p-2. The molecule has 0 fully saturated rings. The van der Waals surface area contributed by atoms with Crippen molar-refractivity contribution >= 4 is 11.9 Å². The van der Waals surface area contributed by atoms with Crippen LogP contribution in [0.4, 0.5) is 0 Å². The molecule has 0 atom stereocenters. The van der Waals surface area contributed by atoms with Crippen molar-refractivity contribution in [3.05, 3.63) is 0 Å². The molecule has 0 N–H and O–H groups in total. The van der Waals surface area contributed by atoms with Crippen LogP contribution in [0.3, 0.4) is 0 Å². The van der Waals surface area contributed by atoms with E-state index >= 15 is 0 Å². The van der Waals surface area contributed by atoms with Gasteiger partial charge in [-0.2, -0.15) is 0 Å². The fourth-order valence-corrected chi connectivity index (χ4v) is 0.204. The summed E-state index contributed by atoms with van der Waals surface area (Å²) < 4.78 is 0. The summed E-state index contributed by atoms with van der Waals surface area (Å²) in [5, 5.41) is 18.4. The summed E-state index contributed by atoms with van der Waals surface area (Å²) in [6.45, 7) is 2.77. The molecule has 0 aliphatic rings. The zero-order valence-electron chi connectivity index (χ0n) is 6.40. The molecule has 0 aliphatic heterocycles. The van der Waals surface area contributed by atoms with Crippen LogP contribution in [-0.4, -0.2) is 11.9 Å². The number of aliphatic carboxylic acids is 2. The van der Waals surface area contributed by atoms with Crippen LogP contribution in [0.25, 0.3) is 0 Å². The molecule has 0 aromatic heterocycles. The van der Waals surface area contributed by atoms with Gasteiger partial charge < -0.3 is 19.8 Å². The van der Waals surface area contributed by atoms with Crippen molar-refractivity contribution in [3.63, 3.8) is 0 Å². The summed E-state index contributed by atoms with van der Waals surface area (Å²) in [5.41, 5.74) is 0. The monoisotopic (exact) mass is 202 g/mol. The van der Waals surface area contributed by atoms with E-state index in [-0.39, 0.29) is 23.5 Å². The van der Waals surface area contributed by atoms with E-state index < -0.39 is 11.9 Å². The Bertz CT molecular complexity index is 109. The summed E-state index contributed by atoms with van der Waals surface area (Å²) in [7, 11) is 0. The molecule has 11 heavy (non-hydrogen) atoms. The normalized spacial score (nSPS) is 6.73. The number of carboxylic acid groups (broad SMARTS) is 2. The maximum Gasteiger partial charge on any atom is 2.00 e. The minimum absolute atomic E-state index is 0. The van der Waals surface area contributed by atoms with Gasteiger partial charge >= 0.3 is 17.1 Å². The van der Waals surface area contributed by atoms with Crippen molar-refractivity contribution in [1.82, 2.24) is 0 Å². The van der Waals surface area contributed by atoms with Crippen LogP contribution in [0.2, 0.25) is 0 Å². The van der Waals surface area contributed by atoms with Gasteiger partial charge in [0.05, 0.1) is 0 Å². The Labute approximate surface area is 76.1 Å². The first kappa shape index (κ1) is 16.8. The van der Waals surface area contributed by atoms with Crippen LogP contribution in [0, 0.1) is 0 Å². The number of rotatable bonds is 2. The van der Waals surface area contributed by atoms with E-state index in [1.807, 2.05) is 0 Å². The van der Waals surface area contributed by atoms with Gasteiger partial charge in [-0.25, -0.2) is 0 Å². The van der Waals surface area contributed by atoms with Gasteiger partial charge in [-0.1, -0.05) is 13.3 Å². The van der Waals surface area contributed by atoms with Crippen molar-refractivity contribution in [2.75, 3.05) is 0 Å². The van der Waals surface area contributed by atoms with Crippen LogP contribution in [0.1, 0.15) is 26.7 Å². The van der Waals surface area contributed by atoms with Crippen LogP contribution in [-0.2, 0) is 26.7 Å². The Morgan fingerprint density at radius 1 is 1.27 bits per heavy atom. The number of hydrogen-bond acceptors (Lipinski definition) is 4. The Hall–Kier alpha value is -0.541. The van der Waals surface area contributed by atoms with Gasteiger partial charge in [0.15, 0.2) is 0 Å². The summed E-state index contributed by atoms with van der Waals surface area (Å²) >= 11 is 0. The molecule has 0 rings (SSSR count). The second kappa shape index (κ2) is 12.2. The third kappa shape index (κ3) is 87.0. The fourth-order valence-electron chi connectivity index (χ4n) is 0.204. The molecule has 0 aromatic carbocycles. The molecule has 0 heterocycles. The zero-order chi connectivity index (χ0) is 8.57. The number of carbonyl (C=O) groups excluding carboxylic acids is 2. The molecule has 0 unspecified atom stereocenters. The average molecular weight is 202 g/mol. The predicted molar refractivity (Wildman–Crippen MR) is 30.6 cm³/mol. The van der Waals surface area contributed by atoms with E-state index in [4.69, 9.17) is 9.90 Å². The molecule has 0 saturated carbocycles. The Kier molecular flexibility index (Phi) is 18.6. The summed E-state index contributed by atoms with van der Waals surface area (Å²) in [6.07, 6.45) is 0.850. The average Bonchev–Trinajstić information content (AvgIpc) is 1.62. The van der Waals surface area contributed by atoms with Gasteiger partial charge in [0.25, 0.3) is 0 Å². The molecule has 5 heteroatoms. The summed E-state index contributed by atoms with van der Waals surface area (Å²) in [6, 6.07) is 0. The molecule has 0 aliphatic carbocycles. The minimum Gasteiger partial charge on any atom is -0.550 e. The quantitative estimate of drug-likeness (QED) is 0.499. The van der Waals surface area contributed by atoms with E-state index in [0.29, 0.717) is 6.42 Å². The first-order valence-corrected chi connectivity index (χ1v) is 2.88. The smallest absolute Gasteiger partial charge is 0.550 e. The van der Waals surface area contributed by atoms with E-state index in [0.717, 1.165) is 6.92 Å². The molecule has 0 radical (unpaired) electrons. The molecule has 0 spiro atoms. The van der Waals surface area contributed by atoms with E-state index in [9.17, 15) is 9.90 Å². The van der Waals surface area contributed by atoms with E-state index in [1.54, 1.807) is 6.92 Å². The summed E-state index contributed by atoms with van der Waals surface area (Å²) in [5.74, 6) is -2.04. The number of carbonyl (C=O) groups is 2. The van der Waals surface area contributed by atoms with Crippen LogP contribution in [0.5, 0.6) is 0 Å². The second-order valence-electron chi connectivity index (χ2n) is 1.61. The van der Waals surface area contributed by atoms with Crippen molar-refractivity contribution in [1.29, 1.82) is 0 Å². The number of carboxylic acids is 2. The first-order chi connectivity index (χ1) is 4.50. The third-order valence-electron chi connectivity index (χ3n) is 0.454. The van der Waals surface area contributed by atoms with Gasteiger partial charge in [-0.3, -0.25) is 0 Å². The molecule has 4 nitrogen and oxygen atoms in total. The molecule has 0 saturated heterocycles. The molecular weight excluding hydrogens is 192 g/mol. The third-order valence-corrected chi connectivity index (χ3v) is 0.454. The van der Waals surface area contributed by atoms with Gasteiger partial charge in [0.1, 0.15) is 0 Å². The second-order valence-corrected chi connectivity index (χ2v) is 1.61. The maximum absolute atomic E-state index is 9.49. The topological polar surface area (TPSA) is 80.3 Å². The molecule has 0 amide bonds. The van der Waals surface area contributed by atoms with E-state index in [1.165, 1.54) is 0 Å². The molecule has 0 bridgehead atoms. The van der Waals surface area contributed by atoms with Gasteiger partial charge in [-0.05, 0) is 13.3 Å². The van der Waals surface area contributed by atoms with Crippen LogP contribution >= 0.6 is 0 Å².